The number of aromatic nitrogens is 3. The number of carbonyl (C=O) groups excluding carboxylic acids is 1. The highest BCUT2D eigenvalue weighted by atomic mass is 16.1. The van der Waals surface area contributed by atoms with Crippen LogP contribution in [0.3, 0.4) is 0 Å². The second-order valence-corrected chi connectivity index (χ2v) is 8.04. The van der Waals surface area contributed by atoms with Gasteiger partial charge in [-0.3, -0.25) is 4.79 Å². The minimum Gasteiger partial charge on any atom is -0.370 e. The van der Waals surface area contributed by atoms with Gasteiger partial charge in [0.15, 0.2) is 5.65 Å². The van der Waals surface area contributed by atoms with E-state index in [1.165, 1.54) is 19.3 Å². The molecule has 2 aliphatic rings. The molecule has 2 aromatic heterocycles. The lowest BCUT2D eigenvalue weighted by Crippen LogP contribution is -2.44. The van der Waals surface area contributed by atoms with Crippen LogP contribution in [0.15, 0.2) is 12.3 Å². The molecule has 0 spiro atoms. The highest BCUT2D eigenvalue weighted by molar-refractivity contribution is 5.79. The highest BCUT2D eigenvalue weighted by Gasteiger charge is 2.27. The first-order valence-electron chi connectivity index (χ1n) is 10.3. The van der Waals surface area contributed by atoms with E-state index >= 15 is 0 Å². The van der Waals surface area contributed by atoms with Crippen LogP contribution in [0.25, 0.3) is 11.2 Å². The minimum absolute atomic E-state index is 0.140. The standard InChI is InChI=1S/C21H29N5O/c1-14-15(2)24-20-19(23-14)12-18(13-22-20)26-10-8-16(9-11-26)21(27)25-17-6-4-3-5-7-17/h12-13,16-17H,3-11H2,1-2H3,(H,25,27). The number of carbonyl (C=O) groups is 1. The molecule has 1 aliphatic carbocycles. The third-order valence-corrected chi connectivity index (χ3v) is 6.10. The molecule has 0 radical (unpaired) electrons. The summed E-state index contributed by atoms with van der Waals surface area (Å²) in [5, 5.41) is 3.29. The molecule has 2 fully saturated rings. The molecular formula is C21H29N5O. The molecule has 1 amide bonds. The average Bonchev–Trinajstić information content (AvgIpc) is 2.69. The molecule has 1 aliphatic heterocycles. The van der Waals surface area contributed by atoms with Gasteiger partial charge < -0.3 is 10.2 Å². The first-order valence-corrected chi connectivity index (χ1v) is 10.3. The molecule has 3 heterocycles. The van der Waals surface area contributed by atoms with Crippen LogP contribution in [0, 0.1) is 19.8 Å². The summed E-state index contributed by atoms with van der Waals surface area (Å²) in [6.45, 7) is 5.70. The zero-order valence-electron chi connectivity index (χ0n) is 16.4. The van der Waals surface area contributed by atoms with Gasteiger partial charge in [0.25, 0.3) is 0 Å². The normalized spacial score (nSPS) is 19.4. The minimum atomic E-state index is 0.140. The monoisotopic (exact) mass is 367 g/mol. The molecule has 1 N–H and O–H groups in total. The van der Waals surface area contributed by atoms with Crippen molar-refractivity contribution in [2.45, 2.75) is 64.8 Å². The lowest BCUT2D eigenvalue weighted by atomic mass is 9.92. The predicted molar refractivity (Wildman–Crippen MR) is 107 cm³/mol. The van der Waals surface area contributed by atoms with Crippen molar-refractivity contribution in [3.05, 3.63) is 23.7 Å². The van der Waals surface area contributed by atoms with Crippen LogP contribution in [0.1, 0.15) is 56.3 Å². The number of amides is 1. The SMILES string of the molecule is Cc1nc2cc(N3CCC(C(=O)NC4CCCCC4)CC3)cnc2nc1C. The first kappa shape index (κ1) is 18.1. The van der Waals surface area contributed by atoms with Crippen molar-refractivity contribution in [1.82, 2.24) is 20.3 Å². The third-order valence-electron chi connectivity index (χ3n) is 6.10. The van der Waals surface area contributed by atoms with Crippen LogP contribution in [0.2, 0.25) is 0 Å². The third kappa shape index (κ3) is 4.04. The van der Waals surface area contributed by atoms with E-state index in [2.05, 4.69) is 31.2 Å². The van der Waals surface area contributed by atoms with Crippen LogP contribution >= 0.6 is 0 Å². The highest BCUT2D eigenvalue weighted by Crippen LogP contribution is 2.26. The fourth-order valence-electron chi connectivity index (χ4n) is 4.24. The molecule has 0 unspecified atom stereocenters. The van der Waals surface area contributed by atoms with Gasteiger partial charge >= 0.3 is 0 Å². The lowest BCUT2D eigenvalue weighted by molar-refractivity contribution is -0.126. The van der Waals surface area contributed by atoms with E-state index in [1.807, 2.05) is 20.0 Å². The Morgan fingerprint density at radius 1 is 1.04 bits per heavy atom. The molecule has 1 saturated heterocycles. The Morgan fingerprint density at radius 2 is 1.74 bits per heavy atom. The molecule has 0 aromatic carbocycles. The number of nitrogens with zero attached hydrogens (tertiary/aromatic N) is 4. The van der Waals surface area contributed by atoms with Gasteiger partial charge in [0.05, 0.1) is 23.3 Å². The summed E-state index contributed by atoms with van der Waals surface area (Å²) in [6, 6.07) is 2.48. The van der Waals surface area contributed by atoms with E-state index in [-0.39, 0.29) is 11.8 Å². The fourth-order valence-corrected chi connectivity index (χ4v) is 4.24. The molecular weight excluding hydrogens is 338 g/mol. The molecule has 2 aromatic rings. The van der Waals surface area contributed by atoms with Gasteiger partial charge in [-0.05, 0) is 45.6 Å². The molecule has 0 bridgehead atoms. The topological polar surface area (TPSA) is 71.0 Å². The van der Waals surface area contributed by atoms with Crippen LogP contribution in [0.5, 0.6) is 0 Å². The van der Waals surface area contributed by atoms with Crippen molar-refractivity contribution in [3.63, 3.8) is 0 Å². The molecule has 27 heavy (non-hydrogen) atoms. The van der Waals surface area contributed by atoms with E-state index in [9.17, 15) is 4.79 Å². The van der Waals surface area contributed by atoms with Gasteiger partial charge in [-0.1, -0.05) is 19.3 Å². The van der Waals surface area contributed by atoms with Crippen molar-refractivity contribution in [2.24, 2.45) is 5.92 Å². The van der Waals surface area contributed by atoms with E-state index in [4.69, 9.17) is 0 Å². The Kier molecular flexibility index (Phi) is 5.23. The molecule has 6 heteroatoms. The quantitative estimate of drug-likeness (QED) is 0.901. The number of hydrogen-bond acceptors (Lipinski definition) is 5. The summed E-state index contributed by atoms with van der Waals surface area (Å²) < 4.78 is 0. The Balaban J connectivity index is 1.38. The van der Waals surface area contributed by atoms with Crippen molar-refractivity contribution < 1.29 is 4.79 Å². The Labute approximate surface area is 160 Å². The summed E-state index contributed by atoms with van der Waals surface area (Å²) in [6.07, 6.45) is 9.79. The number of aryl methyl sites for hydroxylation is 2. The Hall–Kier alpha value is -2.24. The van der Waals surface area contributed by atoms with E-state index in [0.29, 0.717) is 11.7 Å². The van der Waals surface area contributed by atoms with Crippen LogP contribution in [0.4, 0.5) is 5.69 Å². The van der Waals surface area contributed by atoms with Crippen LogP contribution < -0.4 is 10.2 Å². The number of fused-ring (bicyclic) bond motifs is 1. The number of hydrogen-bond donors (Lipinski definition) is 1. The average molecular weight is 367 g/mol. The van der Waals surface area contributed by atoms with Crippen molar-refractivity contribution in [2.75, 3.05) is 18.0 Å². The van der Waals surface area contributed by atoms with E-state index < -0.39 is 0 Å². The number of nitrogens with one attached hydrogen (secondary N) is 1. The predicted octanol–water partition coefficient (Wildman–Crippen LogP) is 3.31. The van der Waals surface area contributed by atoms with E-state index in [0.717, 1.165) is 61.4 Å². The van der Waals surface area contributed by atoms with Crippen LogP contribution in [-0.4, -0.2) is 40.0 Å². The zero-order valence-corrected chi connectivity index (χ0v) is 16.4. The van der Waals surface area contributed by atoms with Gasteiger partial charge in [0.1, 0.15) is 5.52 Å². The Morgan fingerprint density at radius 3 is 2.48 bits per heavy atom. The van der Waals surface area contributed by atoms with Gasteiger partial charge in [0, 0.05) is 25.0 Å². The molecule has 144 valence electrons. The second-order valence-electron chi connectivity index (χ2n) is 8.04. The second kappa shape index (κ2) is 7.79. The van der Waals surface area contributed by atoms with E-state index in [1.54, 1.807) is 0 Å². The molecule has 0 atom stereocenters. The van der Waals surface area contributed by atoms with Crippen LogP contribution in [-0.2, 0) is 4.79 Å². The van der Waals surface area contributed by atoms with Crippen molar-refractivity contribution in [3.8, 4) is 0 Å². The first-order chi connectivity index (χ1) is 13.1. The largest absolute Gasteiger partial charge is 0.370 e. The fraction of sp³-hybridized carbons (Fsp3) is 0.619. The smallest absolute Gasteiger partial charge is 0.223 e. The summed E-state index contributed by atoms with van der Waals surface area (Å²) in [7, 11) is 0. The van der Waals surface area contributed by atoms with Crippen molar-refractivity contribution in [1.29, 1.82) is 0 Å². The number of pyridine rings is 1. The van der Waals surface area contributed by atoms with Gasteiger partial charge in [-0.25, -0.2) is 15.0 Å². The number of rotatable bonds is 3. The summed E-state index contributed by atoms with van der Waals surface area (Å²) in [4.78, 5) is 28.5. The van der Waals surface area contributed by atoms with Gasteiger partial charge in [-0.15, -0.1) is 0 Å². The number of piperidine rings is 1. The lowest BCUT2D eigenvalue weighted by Gasteiger charge is -2.34. The molecule has 1 saturated carbocycles. The summed E-state index contributed by atoms with van der Waals surface area (Å²) in [5.74, 6) is 0.399. The van der Waals surface area contributed by atoms with Gasteiger partial charge in [-0.2, -0.15) is 0 Å². The molecule has 6 nitrogen and oxygen atoms in total. The molecule has 4 rings (SSSR count). The summed E-state index contributed by atoms with van der Waals surface area (Å²) in [5.41, 5.74) is 4.48. The van der Waals surface area contributed by atoms with Crippen molar-refractivity contribution >= 4 is 22.8 Å². The maximum Gasteiger partial charge on any atom is 0.223 e. The zero-order chi connectivity index (χ0) is 18.8. The maximum absolute atomic E-state index is 12.6. The summed E-state index contributed by atoms with van der Waals surface area (Å²) >= 11 is 0. The van der Waals surface area contributed by atoms with Gasteiger partial charge in [0.2, 0.25) is 5.91 Å². The maximum atomic E-state index is 12.6. The Bertz CT molecular complexity index is 823. The number of anilines is 1.